The van der Waals surface area contributed by atoms with Crippen LogP contribution in [0, 0.1) is 0 Å². The van der Waals surface area contributed by atoms with Gasteiger partial charge in [0, 0.05) is 6.54 Å². The molecule has 0 unspecified atom stereocenters. The fourth-order valence-corrected chi connectivity index (χ4v) is 1.35. The molecule has 0 fully saturated rings. The largest absolute Gasteiger partial charge is 0.317 e. The van der Waals surface area contributed by atoms with Crippen LogP contribution in [0.3, 0.4) is 0 Å². The van der Waals surface area contributed by atoms with E-state index < -0.39 is 0 Å². The van der Waals surface area contributed by atoms with Crippen LogP contribution in [-0.4, -0.2) is 11.8 Å². The molecule has 72 valence electrons. The van der Waals surface area contributed by atoms with Crippen LogP contribution >= 0.6 is 0 Å². The van der Waals surface area contributed by atoms with E-state index in [9.17, 15) is 0 Å². The van der Waals surface area contributed by atoms with Crippen LogP contribution < -0.4 is 5.48 Å². The fourth-order valence-electron chi connectivity index (χ4n) is 1.35. The minimum absolute atomic E-state index is 0.703. The molecular formula is C11H17NO. The third-order valence-corrected chi connectivity index (χ3v) is 2.10. The van der Waals surface area contributed by atoms with E-state index in [1.807, 2.05) is 6.07 Å². The molecule has 2 N–H and O–H groups in total. The van der Waals surface area contributed by atoms with Crippen molar-refractivity contribution in [1.29, 1.82) is 0 Å². The summed E-state index contributed by atoms with van der Waals surface area (Å²) >= 11 is 0. The molecule has 2 heteroatoms. The zero-order chi connectivity index (χ0) is 9.36. The minimum Gasteiger partial charge on any atom is -0.317 e. The van der Waals surface area contributed by atoms with Crippen molar-refractivity contribution in [3.05, 3.63) is 35.9 Å². The van der Waals surface area contributed by atoms with Crippen molar-refractivity contribution in [1.82, 2.24) is 5.48 Å². The number of benzene rings is 1. The number of aryl methyl sites for hydroxylation is 1. The fraction of sp³-hybridized carbons (Fsp3) is 0.455. The van der Waals surface area contributed by atoms with Crippen LogP contribution in [0.5, 0.6) is 0 Å². The summed E-state index contributed by atoms with van der Waals surface area (Å²) in [5.41, 5.74) is 3.57. The Hall–Kier alpha value is -0.860. The van der Waals surface area contributed by atoms with Crippen molar-refractivity contribution >= 4 is 0 Å². The molecule has 13 heavy (non-hydrogen) atoms. The lowest BCUT2D eigenvalue weighted by atomic mass is 10.1. The molecule has 1 aromatic carbocycles. The van der Waals surface area contributed by atoms with Crippen molar-refractivity contribution in [3.8, 4) is 0 Å². The molecule has 0 heterocycles. The average molecular weight is 179 g/mol. The molecule has 0 aliphatic rings. The zero-order valence-corrected chi connectivity index (χ0v) is 7.87. The van der Waals surface area contributed by atoms with Crippen LogP contribution in [0.25, 0.3) is 0 Å². The van der Waals surface area contributed by atoms with E-state index in [0.717, 1.165) is 12.8 Å². The van der Waals surface area contributed by atoms with E-state index in [1.165, 1.54) is 18.4 Å². The lowest BCUT2D eigenvalue weighted by Crippen LogP contribution is -2.08. The SMILES string of the molecule is ONCCCCCc1ccccc1. The van der Waals surface area contributed by atoms with Crippen molar-refractivity contribution < 1.29 is 5.21 Å². The molecule has 0 saturated heterocycles. The average Bonchev–Trinajstić information content (AvgIpc) is 2.19. The second-order valence-electron chi connectivity index (χ2n) is 3.20. The lowest BCUT2D eigenvalue weighted by Gasteiger charge is -2.00. The maximum Gasteiger partial charge on any atom is 0.0207 e. The number of nitrogens with one attached hydrogen (secondary N) is 1. The number of hydroxylamine groups is 1. The summed E-state index contributed by atoms with van der Waals surface area (Å²) in [6.07, 6.45) is 4.56. The van der Waals surface area contributed by atoms with Gasteiger partial charge >= 0.3 is 0 Å². The van der Waals surface area contributed by atoms with Gasteiger partial charge in [0.1, 0.15) is 0 Å². The summed E-state index contributed by atoms with van der Waals surface area (Å²) in [5.74, 6) is 0. The molecule has 0 bridgehead atoms. The lowest BCUT2D eigenvalue weighted by molar-refractivity contribution is 0.164. The van der Waals surface area contributed by atoms with Crippen LogP contribution in [0.15, 0.2) is 30.3 Å². The Morgan fingerprint density at radius 3 is 2.46 bits per heavy atom. The van der Waals surface area contributed by atoms with Gasteiger partial charge in [0.05, 0.1) is 0 Å². The van der Waals surface area contributed by atoms with E-state index in [2.05, 4.69) is 29.7 Å². The highest BCUT2D eigenvalue weighted by atomic mass is 16.5. The molecule has 1 rings (SSSR count). The summed E-state index contributed by atoms with van der Waals surface area (Å²) in [5, 5.41) is 8.33. The van der Waals surface area contributed by atoms with Gasteiger partial charge in [-0.15, -0.1) is 0 Å². The monoisotopic (exact) mass is 179 g/mol. The normalized spacial score (nSPS) is 10.2. The second kappa shape index (κ2) is 6.63. The third kappa shape index (κ3) is 4.65. The first-order chi connectivity index (χ1) is 6.43. The Morgan fingerprint density at radius 2 is 1.77 bits per heavy atom. The van der Waals surface area contributed by atoms with Crippen molar-refractivity contribution in [2.45, 2.75) is 25.7 Å². The molecule has 0 atom stereocenters. The molecule has 0 radical (unpaired) electrons. The van der Waals surface area contributed by atoms with E-state index in [1.54, 1.807) is 0 Å². The first-order valence-corrected chi connectivity index (χ1v) is 4.84. The molecule has 0 saturated carbocycles. The Balaban J connectivity index is 2.07. The predicted octanol–water partition coefficient (Wildman–Crippen LogP) is 2.38. The van der Waals surface area contributed by atoms with E-state index in [-0.39, 0.29) is 0 Å². The number of hydrogen-bond acceptors (Lipinski definition) is 2. The van der Waals surface area contributed by atoms with Crippen LogP contribution in [-0.2, 0) is 6.42 Å². The molecule has 0 aliphatic heterocycles. The molecule has 2 nitrogen and oxygen atoms in total. The van der Waals surface area contributed by atoms with Gasteiger partial charge in [-0.3, -0.25) is 0 Å². The maximum absolute atomic E-state index is 8.33. The molecule has 1 aromatic rings. The number of unbranched alkanes of at least 4 members (excludes halogenated alkanes) is 2. The first kappa shape index (κ1) is 10.2. The number of rotatable bonds is 6. The summed E-state index contributed by atoms with van der Waals surface area (Å²) in [6.45, 7) is 0.703. The Kier molecular flexibility index (Phi) is 5.22. The minimum atomic E-state index is 0.703. The summed E-state index contributed by atoms with van der Waals surface area (Å²) < 4.78 is 0. The van der Waals surface area contributed by atoms with Crippen LogP contribution in [0.1, 0.15) is 24.8 Å². The van der Waals surface area contributed by atoms with Gasteiger partial charge in [-0.2, -0.15) is 0 Å². The van der Waals surface area contributed by atoms with E-state index in [0.29, 0.717) is 6.54 Å². The molecule has 0 aliphatic carbocycles. The number of hydrogen-bond donors (Lipinski definition) is 2. The molecular weight excluding hydrogens is 162 g/mol. The van der Waals surface area contributed by atoms with E-state index in [4.69, 9.17) is 5.21 Å². The first-order valence-electron chi connectivity index (χ1n) is 4.84. The highest BCUT2D eigenvalue weighted by molar-refractivity contribution is 5.14. The smallest absolute Gasteiger partial charge is 0.0207 e. The topological polar surface area (TPSA) is 32.3 Å². The molecule has 0 amide bonds. The maximum atomic E-state index is 8.33. The van der Waals surface area contributed by atoms with Gasteiger partial charge in [-0.1, -0.05) is 36.8 Å². The zero-order valence-electron chi connectivity index (χ0n) is 7.87. The third-order valence-electron chi connectivity index (χ3n) is 2.10. The van der Waals surface area contributed by atoms with Gasteiger partial charge in [0.15, 0.2) is 0 Å². The standard InChI is InChI=1S/C11H17NO/c13-12-10-6-2-5-9-11-7-3-1-4-8-11/h1,3-4,7-8,12-13H,2,5-6,9-10H2. The Labute approximate surface area is 79.6 Å². The Morgan fingerprint density at radius 1 is 1.00 bits per heavy atom. The highest BCUT2D eigenvalue weighted by Crippen LogP contribution is 2.05. The summed E-state index contributed by atoms with van der Waals surface area (Å²) in [7, 11) is 0. The van der Waals surface area contributed by atoms with Crippen LogP contribution in [0.2, 0.25) is 0 Å². The van der Waals surface area contributed by atoms with Crippen molar-refractivity contribution in [3.63, 3.8) is 0 Å². The van der Waals surface area contributed by atoms with Crippen molar-refractivity contribution in [2.24, 2.45) is 0 Å². The van der Waals surface area contributed by atoms with Gasteiger partial charge in [0.25, 0.3) is 0 Å². The highest BCUT2D eigenvalue weighted by Gasteiger charge is 1.91. The van der Waals surface area contributed by atoms with Gasteiger partial charge < -0.3 is 5.21 Å². The van der Waals surface area contributed by atoms with Gasteiger partial charge in [-0.05, 0) is 24.8 Å². The quantitative estimate of drug-likeness (QED) is 0.519. The van der Waals surface area contributed by atoms with E-state index >= 15 is 0 Å². The molecule has 0 spiro atoms. The second-order valence-corrected chi connectivity index (χ2v) is 3.20. The Bertz CT molecular complexity index is 211. The van der Waals surface area contributed by atoms with Crippen LogP contribution in [0.4, 0.5) is 0 Å². The summed E-state index contributed by atoms with van der Waals surface area (Å²) in [6, 6.07) is 10.5. The molecule has 0 aromatic heterocycles. The van der Waals surface area contributed by atoms with Crippen molar-refractivity contribution in [2.75, 3.05) is 6.54 Å². The van der Waals surface area contributed by atoms with Gasteiger partial charge in [-0.25, -0.2) is 5.48 Å². The predicted molar refractivity (Wildman–Crippen MR) is 53.8 cm³/mol. The summed E-state index contributed by atoms with van der Waals surface area (Å²) in [4.78, 5) is 0. The van der Waals surface area contributed by atoms with Gasteiger partial charge in [0.2, 0.25) is 0 Å².